The summed E-state index contributed by atoms with van der Waals surface area (Å²) in [6.45, 7) is 10.3. The van der Waals surface area contributed by atoms with Crippen molar-refractivity contribution in [1.82, 2.24) is 14.9 Å². The second-order valence-corrected chi connectivity index (χ2v) is 6.36. The van der Waals surface area contributed by atoms with E-state index in [2.05, 4.69) is 42.6 Å². The standard InChI is InChI=1S/C17H24FN3/c1-5-21-11-10-19-15(21)12-20-16(17(2,3)4)13-6-8-14(18)9-7-13/h6-11,16,20H,5,12H2,1-4H3. The lowest BCUT2D eigenvalue weighted by molar-refractivity contribution is 0.268. The summed E-state index contributed by atoms with van der Waals surface area (Å²) in [5.74, 6) is 0.821. The van der Waals surface area contributed by atoms with E-state index in [1.54, 1.807) is 0 Å². The molecule has 0 radical (unpaired) electrons. The van der Waals surface area contributed by atoms with E-state index in [-0.39, 0.29) is 17.3 Å². The SMILES string of the molecule is CCn1ccnc1CNC(c1ccc(F)cc1)C(C)(C)C. The molecule has 1 atom stereocenters. The monoisotopic (exact) mass is 289 g/mol. The molecule has 2 rings (SSSR count). The number of rotatable bonds is 5. The maximum atomic E-state index is 13.1. The smallest absolute Gasteiger partial charge is 0.123 e. The number of halogens is 1. The van der Waals surface area contributed by atoms with Crippen LogP contribution in [0.3, 0.4) is 0 Å². The molecule has 1 aromatic heterocycles. The minimum atomic E-state index is -0.201. The lowest BCUT2D eigenvalue weighted by Crippen LogP contribution is -2.32. The van der Waals surface area contributed by atoms with Gasteiger partial charge < -0.3 is 9.88 Å². The van der Waals surface area contributed by atoms with Gasteiger partial charge in [-0.15, -0.1) is 0 Å². The summed E-state index contributed by atoms with van der Waals surface area (Å²) in [4.78, 5) is 4.39. The van der Waals surface area contributed by atoms with Crippen molar-refractivity contribution in [2.24, 2.45) is 5.41 Å². The molecule has 1 N–H and O–H groups in total. The highest BCUT2D eigenvalue weighted by Crippen LogP contribution is 2.33. The van der Waals surface area contributed by atoms with Gasteiger partial charge in [-0.2, -0.15) is 0 Å². The normalized spacial score (nSPS) is 13.4. The summed E-state index contributed by atoms with van der Waals surface area (Å²) in [5.41, 5.74) is 1.13. The van der Waals surface area contributed by atoms with Crippen molar-refractivity contribution in [3.05, 3.63) is 53.9 Å². The molecule has 1 unspecified atom stereocenters. The van der Waals surface area contributed by atoms with Crippen molar-refractivity contribution in [2.75, 3.05) is 0 Å². The van der Waals surface area contributed by atoms with Gasteiger partial charge in [0, 0.05) is 25.0 Å². The van der Waals surface area contributed by atoms with Gasteiger partial charge in [-0.1, -0.05) is 32.9 Å². The van der Waals surface area contributed by atoms with Crippen molar-refractivity contribution < 1.29 is 4.39 Å². The van der Waals surface area contributed by atoms with Crippen LogP contribution < -0.4 is 5.32 Å². The summed E-state index contributed by atoms with van der Waals surface area (Å²) in [7, 11) is 0. The molecule has 2 aromatic rings. The minimum Gasteiger partial charge on any atom is -0.334 e. The van der Waals surface area contributed by atoms with Crippen LogP contribution in [0.4, 0.5) is 4.39 Å². The van der Waals surface area contributed by atoms with Crippen LogP contribution in [0, 0.1) is 11.2 Å². The van der Waals surface area contributed by atoms with Gasteiger partial charge in [-0.25, -0.2) is 9.37 Å². The topological polar surface area (TPSA) is 29.9 Å². The fraction of sp³-hybridized carbons (Fsp3) is 0.471. The summed E-state index contributed by atoms with van der Waals surface area (Å²) >= 11 is 0. The Morgan fingerprint density at radius 2 is 1.90 bits per heavy atom. The molecule has 0 bridgehead atoms. The molecule has 1 aromatic carbocycles. The molecule has 0 saturated heterocycles. The predicted octanol–water partition coefficient (Wildman–Crippen LogP) is 3.92. The van der Waals surface area contributed by atoms with E-state index >= 15 is 0 Å². The van der Waals surface area contributed by atoms with E-state index in [9.17, 15) is 4.39 Å². The molecule has 0 saturated carbocycles. The van der Waals surface area contributed by atoms with E-state index < -0.39 is 0 Å². The summed E-state index contributed by atoms with van der Waals surface area (Å²) < 4.78 is 15.2. The Hall–Kier alpha value is -1.68. The van der Waals surface area contributed by atoms with Crippen LogP contribution in [0.5, 0.6) is 0 Å². The van der Waals surface area contributed by atoms with E-state index in [1.165, 1.54) is 12.1 Å². The van der Waals surface area contributed by atoms with Crippen molar-refractivity contribution in [3.8, 4) is 0 Å². The molecule has 0 spiro atoms. The first-order chi connectivity index (χ1) is 9.91. The van der Waals surface area contributed by atoms with Gasteiger partial charge in [0.2, 0.25) is 0 Å². The van der Waals surface area contributed by atoms with Crippen LogP contribution in [0.1, 0.15) is 45.1 Å². The zero-order valence-corrected chi connectivity index (χ0v) is 13.2. The zero-order chi connectivity index (χ0) is 15.5. The first-order valence-electron chi connectivity index (χ1n) is 7.40. The van der Waals surface area contributed by atoms with E-state index in [0.29, 0.717) is 6.54 Å². The highest BCUT2D eigenvalue weighted by Gasteiger charge is 2.26. The summed E-state index contributed by atoms with van der Waals surface area (Å²) in [6, 6.07) is 6.88. The van der Waals surface area contributed by atoms with Gasteiger partial charge in [-0.3, -0.25) is 0 Å². The maximum Gasteiger partial charge on any atom is 0.123 e. The number of hydrogen-bond donors (Lipinski definition) is 1. The predicted molar refractivity (Wildman–Crippen MR) is 83.3 cm³/mol. The second kappa shape index (κ2) is 6.39. The molecule has 3 nitrogen and oxygen atoms in total. The van der Waals surface area contributed by atoms with Crippen molar-refractivity contribution >= 4 is 0 Å². The van der Waals surface area contributed by atoms with E-state index in [1.807, 2.05) is 24.5 Å². The fourth-order valence-corrected chi connectivity index (χ4v) is 2.57. The van der Waals surface area contributed by atoms with Crippen molar-refractivity contribution in [3.63, 3.8) is 0 Å². The molecule has 0 amide bonds. The first-order valence-corrected chi connectivity index (χ1v) is 7.40. The van der Waals surface area contributed by atoms with Crippen LogP contribution >= 0.6 is 0 Å². The maximum absolute atomic E-state index is 13.1. The molecular formula is C17H24FN3. The molecule has 114 valence electrons. The van der Waals surface area contributed by atoms with E-state index in [0.717, 1.165) is 17.9 Å². The lowest BCUT2D eigenvalue weighted by atomic mass is 9.82. The number of nitrogens with zero attached hydrogens (tertiary/aromatic N) is 2. The van der Waals surface area contributed by atoms with Gasteiger partial charge in [0.15, 0.2) is 0 Å². The third kappa shape index (κ3) is 3.91. The lowest BCUT2D eigenvalue weighted by Gasteiger charge is -2.32. The average Bonchev–Trinajstić information content (AvgIpc) is 2.87. The Balaban J connectivity index is 2.16. The molecule has 0 aliphatic heterocycles. The Labute approximate surface area is 126 Å². The number of aryl methyl sites for hydroxylation is 1. The Morgan fingerprint density at radius 1 is 1.24 bits per heavy atom. The average molecular weight is 289 g/mol. The number of imidazole rings is 1. The first kappa shape index (κ1) is 15.7. The molecular weight excluding hydrogens is 265 g/mol. The Bertz CT molecular complexity index is 566. The minimum absolute atomic E-state index is 0.0292. The third-order valence-electron chi connectivity index (χ3n) is 3.68. The van der Waals surface area contributed by atoms with Crippen LogP contribution in [-0.4, -0.2) is 9.55 Å². The fourth-order valence-electron chi connectivity index (χ4n) is 2.57. The van der Waals surface area contributed by atoms with Gasteiger partial charge in [0.1, 0.15) is 11.6 Å². The quantitative estimate of drug-likeness (QED) is 0.904. The number of nitrogens with one attached hydrogen (secondary N) is 1. The highest BCUT2D eigenvalue weighted by molar-refractivity contribution is 5.21. The Morgan fingerprint density at radius 3 is 2.48 bits per heavy atom. The molecule has 0 aliphatic rings. The molecule has 21 heavy (non-hydrogen) atoms. The van der Waals surface area contributed by atoms with Gasteiger partial charge >= 0.3 is 0 Å². The van der Waals surface area contributed by atoms with Gasteiger partial charge in [0.25, 0.3) is 0 Å². The Kier molecular flexibility index (Phi) is 4.78. The van der Waals surface area contributed by atoms with Crippen LogP contribution in [0.15, 0.2) is 36.7 Å². The number of benzene rings is 1. The van der Waals surface area contributed by atoms with Gasteiger partial charge in [0.05, 0.1) is 6.54 Å². The largest absolute Gasteiger partial charge is 0.334 e. The van der Waals surface area contributed by atoms with Crippen molar-refractivity contribution in [1.29, 1.82) is 0 Å². The summed E-state index contributed by atoms with van der Waals surface area (Å²) in [6.07, 6.45) is 3.81. The zero-order valence-electron chi connectivity index (χ0n) is 13.2. The third-order valence-corrected chi connectivity index (χ3v) is 3.68. The van der Waals surface area contributed by atoms with Crippen LogP contribution in [0.2, 0.25) is 0 Å². The molecule has 0 aliphatic carbocycles. The van der Waals surface area contributed by atoms with Crippen LogP contribution in [-0.2, 0) is 13.1 Å². The van der Waals surface area contributed by atoms with Crippen molar-refractivity contribution in [2.45, 2.75) is 46.8 Å². The number of hydrogen-bond acceptors (Lipinski definition) is 2. The van der Waals surface area contributed by atoms with Crippen LogP contribution in [0.25, 0.3) is 0 Å². The molecule has 4 heteroatoms. The highest BCUT2D eigenvalue weighted by atomic mass is 19.1. The summed E-state index contributed by atoms with van der Waals surface area (Å²) in [5, 5.41) is 3.57. The molecule has 1 heterocycles. The number of aromatic nitrogens is 2. The molecule has 0 fully saturated rings. The van der Waals surface area contributed by atoms with Gasteiger partial charge in [-0.05, 0) is 30.0 Å². The van der Waals surface area contributed by atoms with E-state index in [4.69, 9.17) is 0 Å². The second-order valence-electron chi connectivity index (χ2n) is 6.36.